The van der Waals surface area contributed by atoms with Crippen molar-refractivity contribution in [1.82, 2.24) is 15.0 Å². The molecule has 0 atom stereocenters. The number of benzene rings is 1. The van der Waals surface area contributed by atoms with Crippen molar-refractivity contribution in [1.29, 1.82) is 0 Å². The van der Waals surface area contributed by atoms with Gasteiger partial charge >= 0.3 is 0 Å². The van der Waals surface area contributed by atoms with Crippen LogP contribution in [0.1, 0.15) is 12.0 Å². The predicted molar refractivity (Wildman–Crippen MR) is 71.0 cm³/mol. The van der Waals surface area contributed by atoms with E-state index in [9.17, 15) is 10.1 Å². The normalized spacial score (nSPS) is 10.4. The highest BCUT2D eigenvalue weighted by Crippen LogP contribution is 2.22. The van der Waals surface area contributed by atoms with Crippen LogP contribution in [0.15, 0.2) is 30.6 Å². The quantitative estimate of drug-likeness (QED) is 0.488. The number of aryl methyl sites for hydroxylation is 2. The third kappa shape index (κ3) is 3.51. The molecule has 2 rings (SSSR count). The van der Waals surface area contributed by atoms with Crippen LogP contribution >= 0.6 is 0 Å². The third-order valence-corrected chi connectivity index (χ3v) is 2.77. The Morgan fingerprint density at radius 3 is 3.00 bits per heavy atom. The minimum atomic E-state index is -0.365. The lowest BCUT2D eigenvalue weighted by molar-refractivity contribution is -0.385. The van der Waals surface area contributed by atoms with Gasteiger partial charge in [0, 0.05) is 36.6 Å². The fraction of sp³-hybridized carbons (Fsp3) is 0.333. The molecule has 0 unspecified atom stereocenters. The first kappa shape index (κ1) is 13.0. The Kier molecular flexibility index (Phi) is 4.07. The molecular weight excluding hydrogens is 246 g/mol. The van der Waals surface area contributed by atoms with Crippen molar-refractivity contribution in [2.75, 3.05) is 11.9 Å². The lowest BCUT2D eigenvalue weighted by Crippen LogP contribution is -2.07. The Hall–Kier alpha value is -2.44. The van der Waals surface area contributed by atoms with Crippen LogP contribution < -0.4 is 5.32 Å². The summed E-state index contributed by atoms with van der Waals surface area (Å²) >= 11 is 0. The summed E-state index contributed by atoms with van der Waals surface area (Å²) in [4.78, 5) is 10.5. The van der Waals surface area contributed by atoms with Crippen molar-refractivity contribution in [3.05, 3.63) is 46.3 Å². The predicted octanol–water partition coefficient (Wildman–Crippen LogP) is 2.00. The number of hydrogen-bond donors (Lipinski definition) is 1. The van der Waals surface area contributed by atoms with Gasteiger partial charge in [-0.05, 0) is 19.4 Å². The van der Waals surface area contributed by atoms with Crippen LogP contribution in [0, 0.1) is 17.0 Å². The van der Waals surface area contributed by atoms with Gasteiger partial charge in [0.1, 0.15) is 0 Å². The molecule has 0 aliphatic carbocycles. The molecule has 0 amide bonds. The monoisotopic (exact) mass is 261 g/mol. The van der Waals surface area contributed by atoms with Crippen LogP contribution in [0.2, 0.25) is 0 Å². The van der Waals surface area contributed by atoms with Crippen LogP contribution in [0.5, 0.6) is 0 Å². The lowest BCUT2D eigenvalue weighted by Gasteiger charge is -2.07. The van der Waals surface area contributed by atoms with Gasteiger partial charge in [-0.2, -0.15) is 0 Å². The molecule has 0 saturated heterocycles. The number of aromatic nitrogens is 3. The van der Waals surface area contributed by atoms with E-state index in [2.05, 4.69) is 15.6 Å². The number of hydrogen-bond acceptors (Lipinski definition) is 5. The van der Waals surface area contributed by atoms with Crippen molar-refractivity contribution in [3.8, 4) is 0 Å². The molecule has 1 aromatic carbocycles. The molecule has 1 aromatic heterocycles. The Morgan fingerprint density at radius 2 is 2.32 bits per heavy atom. The van der Waals surface area contributed by atoms with E-state index in [1.54, 1.807) is 36.1 Å². The second-order valence-electron chi connectivity index (χ2n) is 4.20. The number of nitrogens with zero attached hydrogens (tertiary/aromatic N) is 4. The number of nitro groups is 1. The zero-order valence-electron chi connectivity index (χ0n) is 10.6. The van der Waals surface area contributed by atoms with Gasteiger partial charge in [0.15, 0.2) is 0 Å². The molecule has 1 heterocycles. The van der Waals surface area contributed by atoms with Crippen LogP contribution in [0.3, 0.4) is 0 Å². The van der Waals surface area contributed by atoms with E-state index in [0.29, 0.717) is 5.56 Å². The first-order valence-electron chi connectivity index (χ1n) is 6.00. The second kappa shape index (κ2) is 5.94. The van der Waals surface area contributed by atoms with E-state index in [1.165, 1.54) is 0 Å². The molecule has 0 fully saturated rings. The van der Waals surface area contributed by atoms with E-state index in [0.717, 1.165) is 25.2 Å². The first-order valence-corrected chi connectivity index (χ1v) is 6.00. The summed E-state index contributed by atoms with van der Waals surface area (Å²) in [5, 5.41) is 21.6. The SMILES string of the molecule is Cc1ccc(NCCCn2ccnn2)cc1[N+](=O)[O-]. The number of nitro benzene ring substituents is 1. The minimum Gasteiger partial charge on any atom is -0.385 e. The Bertz CT molecular complexity index is 553. The molecule has 0 saturated carbocycles. The summed E-state index contributed by atoms with van der Waals surface area (Å²) in [5.41, 5.74) is 1.57. The van der Waals surface area contributed by atoms with Crippen LogP contribution in [-0.4, -0.2) is 26.5 Å². The molecular formula is C12H15N5O2. The van der Waals surface area contributed by atoms with Crippen molar-refractivity contribution in [2.45, 2.75) is 19.9 Å². The molecule has 100 valence electrons. The maximum Gasteiger partial charge on any atom is 0.274 e. The molecule has 7 heteroatoms. The average Bonchev–Trinajstić information content (AvgIpc) is 2.89. The number of anilines is 1. The maximum atomic E-state index is 10.8. The van der Waals surface area contributed by atoms with Gasteiger partial charge in [0.2, 0.25) is 0 Å². The van der Waals surface area contributed by atoms with Gasteiger partial charge in [-0.25, -0.2) is 0 Å². The van der Waals surface area contributed by atoms with Gasteiger partial charge in [-0.3, -0.25) is 14.8 Å². The lowest BCUT2D eigenvalue weighted by atomic mass is 10.2. The number of nitrogens with one attached hydrogen (secondary N) is 1. The summed E-state index contributed by atoms with van der Waals surface area (Å²) < 4.78 is 1.75. The third-order valence-electron chi connectivity index (χ3n) is 2.77. The van der Waals surface area contributed by atoms with E-state index < -0.39 is 0 Å². The maximum absolute atomic E-state index is 10.8. The fourth-order valence-corrected chi connectivity index (χ4v) is 1.74. The molecule has 0 spiro atoms. The van der Waals surface area contributed by atoms with Gasteiger partial charge in [-0.1, -0.05) is 11.3 Å². The van der Waals surface area contributed by atoms with Gasteiger partial charge in [-0.15, -0.1) is 5.10 Å². The van der Waals surface area contributed by atoms with E-state index in [1.807, 2.05) is 6.07 Å². The zero-order valence-corrected chi connectivity index (χ0v) is 10.6. The van der Waals surface area contributed by atoms with Crippen LogP contribution in [-0.2, 0) is 6.54 Å². The van der Waals surface area contributed by atoms with Crippen molar-refractivity contribution < 1.29 is 4.92 Å². The Labute approximate surface area is 110 Å². The molecule has 19 heavy (non-hydrogen) atoms. The van der Waals surface area contributed by atoms with Crippen LogP contribution in [0.4, 0.5) is 11.4 Å². The average molecular weight is 261 g/mol. The fourth-order valence-electron chi connectivity index (χ4n) is 1.74. The Balaban J connectivity index is 1.86. The van der Waals surface area contributed by atoms with Crippen molar-refractivity contribution in [2.24, 2.45) is 0 Å². The smallest absolute Gasteiger partial charge is 0.274 e. The highest BCUT2D eigenvalue weighted by Gasteiger charge is 2.10. The standard InChI is InChI=1S/C12H15N5O2/c1-10-3-4-11(9-12(10)17(18)19)13-5-2-7-16-8-6-14-15-16/h3-4,6,8-9,13H,2,5,7H2,1H3. The van der Waals surface area contributed by atoms with Crippen molar-refractivity contribution in [3.63, 3.8) is 0 Å². The summed E-state index contributed by atoms with van der Waals surface area (Å²) in [6, 6.07) is 5.15. The molecule has 1 N–H and O–H groups in total. The first-order chi connectivity index (χ1) is 9.16. The van der Waals surface area contributed by atoms with Gasteiger partial charge in [0.05, 0.1) is 11.1 Å². The highest BCUT2D eigenvalue weighted by atomic mass is 16.6. The molecule has 0 aliphatic heterocycles. The largest absolute Gasteiger partial charge is 0.385 e. The van der Waals surface area contributed by atoms with E-state index >= 15 is 0 Å². The zero-order chi connectivity index (χ0) is 13.7. The minimum absolute atomic E-state index is 0.140. The van der Waals surface area contributed by atoms with Gasteiger partial charge in [0.25, 0.3) is 5.69 Å². The van der Waals surface area contributed by atoms with E-state index in [-0.39, 0.29) is 10.6 Å². The molecule has 2 aromatic rings. The molecule has 7 nitrogen and oxygen atoms in total. The Morgan fingerprint density at radius 1 is 1.47 bits per heavy atom. The summed E-state index contributed by atoms with van der Waals surface area (Å²) in [7, 11) is 0. The summed E-state index contributed by atoms with van der Waals surface area (Å²) in [6.45, 7) is 3.22. The highest BCUT2D eigenvalue weighted by molar-refractivity contribution is 5.54. The van der Waals surface area contributed by atoms with Crippen molar-refractivity contribution >= 4 is 11.4 Å². The van der Waals surface area contributed by atoms with E-state index in [4.69, 9.17) is 0 Å². The number of rotatable bonds is 6. The van der Waals surface area contributed by atoms with Gasteiger partial charge < -0.3 is 5.32 Å². The molecule has 0 aliphatic rings. The summed E-state index contributed by atoms with van der Waals surface area (Å²) in [6.07, 6.45) is 4.30. The molecule has 0 bridgehead atoms. The van der Waals surface area contributed by atoms with Crippen LogP contribution in [0.25, 0.3) is 0 Å². The second-order valence-corrected chi connectivity index (χ2v) is 4.20. The molecule has 0 radical (unpaired) electrons. The summed E-state index contributed by atoms with van der Waals surface area (Å²) in [5.74, 6) is 0. The topological polar surface area (TPSA) is 85.9 Å².